The molecular formula is C25H34N2O7. The summed E-state index contributed by atoms with van der Waals surface area (Å²) in [7, 11) is 2.77. The number of carbonyl (C=O) groups excluding carboxylic acids is 2. The van der Waals surface area contributed by atoms with Gasteiger partial charge in [-0.1, -0.05) is 37.3 Å². The van der Waals surface area contributed by atoms with Crippen molar-refractivity contribution in [3.05, 3.63) is 53.9 Å². The van der Waals surface area contributed by atoms with Gasteiger partial charge in [-0.15, -0.1) is 0 Å². The number of pyridine rings is 1. The van der Waals surface area contributed by atoms with Crippen LogP contribution in [0.15, 0.2) is 42.6 Å². The van der Waals surface area contributed by atoms with Crippen LogP contribution in [0, 0.1) is 5.92 Å². The van der Waals surface area contributed by atoms with Gasteiger partial charge in [0.15, 0.2) is 23.2 Å². The number of aromatic hydroxyl groups is 1. The molecular weight excluding hydrogens is 440 g/mol. The maximum Gasteiger partial charge on any atom is 0.331 e. The van der Waals surface area contributed by atoms with E-state index in [0.29, 0.717) is 19.6 Å². The van der Waals surface area contributed by atoms with Gasteiger partial charge in [-0.05, 0) is 25.3 Å². The van der Waals surface area contributed by atoms with E-state index in [2.05, 4.69) is 10.3 Å². The average molecular weight is 475 g/mol. The Hall–Kier alpha value is -3.17. The van der Waals surface area contributed by atoms with Gasteiger partial charge in [0.2, 0.25) is 0 Å². The van der Waals surface area contributed by atoms with Crippen LogP contribution in [0.25, 0.3) is 0 Å². The predicted octanol–water partition coefficient (Wildman–Crippen LogP) is 2.76. The zero-order valence-electron chi connectivity index (χ0n) is 20.2. The molecule has 9 nitrogen and oxygen atoms in total. The van der Waals surface area contributed by atoms with Gasteiger partial charge in [-0.2, -0.15) is 0 Å². The molecule has 0 saturated carbocycles. The number of nitrogens with zero attached hydrogens (tertiary/aromatic N) is 1. The zero-order chi connectivity index (χ0) is 24.9. The van der Waals surface area contributed by atoms with Gasteiger partial charge in [0.05, 0.1) is 20.3 Å². The second kappa shape index (κ2) is 14.2. The largest absolute Gasteiger partial charge is 0.503 e. The van der Waals surface area contributed by atoms with Crippen LogP contribution >= 0.6 is 0 Å². The van der Waals surface area contributed by atoms with Gasteiger partial charge in [0.25, 0.3) is 5.91 Å². The molecule has 1 unspecified atom stereocenters. The number of hydrogen-bond donors (Lipinski definition) is 2. The van der Waals surface area contributed by atoms with Crippen molar-refractivity contribution in [3.63, 3.8) is 0 Å². The minimum absolute atomic E-state index is 0.0825. The highest BCUT2D eigenvalue weighted by molar-refractivity contribution is 5.98. The Bertz CT molecular complexity index is 907. The summed E-state index contributed by atoms with van der Waals surface area (Å²) in [4.78, 5) is 29.5. The van der Waals surface area contributed by atoms with Gasteiger partial charge in [0.1, 0.15) is 6.10 Å². The third kappa shape index (κ3) is 8.00. The van der Waals surface area contributed by atoms with Crippen LogP contribution in [0.4, 0.5) is 0 Å². The minimum atomic E-state index is -1.10. The quantitative estimate of drug-likeness (QED) is 0.317. The SMILES string of the molecule is CCCOC[C@@H](Cc1ccccc1)[C@H](C)OC(=O)C(COC)NC(=O)c1nccc(OC)c1O. The highest BCUT2D eigenvalue weighted by atomic mass is 16.6. The maximum atomic E-state index is 12.9. The van der Waals surface area contributed by atoms with Gasteiger partial charge < -0.3 is 29.4 Å². The Balaban J connectivity index is 2.09. The van der Waals surface area contributed by atoms with Gasteiger partial charge >= 0.3 is 5.97 Å². The monoisotopic (exact) mass is 474 g/mol. The Kier molecular flexibility index (Phi) is 11.3. The summed E-state index contributed by atoms with van der Waals surface area (Å²) in [6.07, 6.45) is 2.40. The maximum absolute atomic E-state index is 12.9. The minimum Gasteiger partial charge on any atom is -0.503 e. The van der Waals surface area contributed by atoms with Crippen molar-refractivity contribution >= 4 is 11.9 Å². The molecule has 2 rings (SSSR count). The smallest absolute Gasteiger partial charge is 0.331 e. The van der Waals surface area contributed by atoms with Crippen molar-refractivity contribution in [2.45, 2.75) is 38.8 Å². The van der Waals surface area contributed by atoms with E-state index in [9.17, 15) is 14.7 Å². The number of ether oxygens (including phenoxy) is 4. The van der Waals surface area contributed by atoms with E-state index >= 15 is 0 Å². The van der Waals surface area contributed by atoms with Gasteiger partial charge in [-0.3, -0.25) is 4.79 Å². The number of rotatable bonds is 14. The van der Waals surface area contributed by atoms with E-state index in [1.165, 1.54) is 26.5 Å². The van der Waals surface area contributed by atoms with Crippen molar-refractivity contribution in [1.82, 2.24) is 10.3 Å². The van der Waals surface area contributed by atoms with Crippen molar-refractivity contribution in [2.75, 3.05) is 34.0 Å². The summed E-state index contributed by atoms with van der Waals surface area (Å²) in [6.45, 7) is 4.77. The summed E-state index contributed by atoms with van der Waals surface area (Å²) < 4.78 is 21.6. The van der Waals surface area contributed by atoms with Gasteiger partial charge in [-0.25, -0.2) is 9.78 Å². The van der Waals surface area contributed by atoms with E-state index in [4.69, 9.17) is 18.9 Å². The molecule has 0 saturated heterocycles. The zero-order valence-corrected chi connectivity index (χ0v) is 20.2. The number of esters is 1. The Morgan fingerprint density at radius 2 is 1.85 bits per heavy atom. The second-order valence-electron chi connectivity index (χ2n) is 7.86. The lowest BCUT2D eigenvalue weighted by atomic mass is 9.95. The second-order valence-corrected chi connectivity index (χ2v) is 7.86. The van der Waals surface area contributed by atoms with E-state index in [1.807, 2.05) is 44.2 Å². The van der Waals surface area contributed by atoms with Crippen LogP contribution in [0.1, 0.15) is 36.3 Å². The molecule has 1 heterocycles. The molecule has 186 valence electrons. The summed E-state index contributed by atoms with van der Waals surface area (Å²) >= 11 is 0. The Morgan fingerprint density at radius 1 is 1.12 bits per heavy atom. The molecule has 3 atom stereocenters. The molecule has 1 aromatic heterocycles. The predicted molar refractivity (Wildman–Crippen MR) is 126 cm³/mol. The van der Waals surface area contributed by atoms with Crippen molar-refractivity contribution < 1.29 is 33.6 Å². The fourth-order valence-electron chi connectivity index (χ4n) is 3.35. The van der Waals surface area contributed by atoms with Crippen LogP contribution in [0.2, 0.25) is 0 Å². The normalized spacial score (nSPS) is 13.5. The molecule has 0 radical (unpaired) electrons. The van der Waals surface area contributed by atoms with Crippen LogP contribution in [0.3, 0.4) is 0 Å². The van der Waals surface area contributed by atoms with Crippen LogP contribution in [-0.2, 0) is 25.4 Å². The molecule has 34 heavy (non-hydrogen) atoms. The number of benzene rings is 1. The standard InChI is InChI=1S/C25H34N2O7/c1-5-13-33-15-19(14-18-9-7-6-8-10-18)17(2)34-25(30)20(16-31-3)27-24(29)22-23(28)21(32-4)11-12-26-22/h6-12,17,19-20,28H,5,13-16H2,1-4H3,(H,27,29)/t17-,19+,20?/m0/s1. The average Bonchev–Trinajstić information content (AvgIpc) is 2.83. The van der Waals surface area contributed by atoms with Crippen molar-refractivity contribution in [2.24, 2.45) is 5.92 Å². The fraction of sp³-hybridized carbons (Fsp3) is 0.480. The summed E-state index contributed by atoms with van der Waals surface area (Å²) in [6, 6.07) is 10.2. The molecule has 0 aliphatic rings. The molecule has 0 spiro atoms. The number of carbonyl (C=O) groups is 2. The molecule has 2 aromatic rings. The first-order valence-corrected chi connectivity index (χ1v) is 11.2. The third-order valence-corrected chi connectivity index (χ3v) is 5.23. The first-order chi connectivity index (χ1) is 16.4. The first-order valence-electron chi connectivity index (χ1n) is 11.2. The highest BCUT2D eigenvalue weighted by Gasteiger charge is 2.29. The van der Waals surface area contributed by atoms with Crippen LogP contribution < -0.4 is 10.1 Å². The molecule has 9 heteroatoms. The molecule has 1 aromatic carbocycles. The molecule has 2 N–H and O–H groups in total. The van der Waals surface area contributed by atoms with Crippen LogP contribution in [-0.4, -0.2) is 68.2 Å². The molecule has 0 aliphatic heterocycles. The van der Waals surface area contributed by atoms with Crippen LogP contribution in [0.5, 0.6) is 11.5 Å². The van der Waals surface area contributed by atoms with Crippen molar-refractivity contribution in [1.29, 1.82) is 0 Å². The highest BCUT2D eigenvalue weighted by Crippen LogP contribution is 2.27. The fourth-order valence-corrected chi connectivity index (χ4v) is 3.35. The number of methoxy groups -OCH3 is 2. The van der Waals surface area contributed by atoms with E-state index < -0.39 is 29.8 Å². The molecule has 0 bridgehead atoms. The lowest BCUT2D eigenvalue weighted by molar-refractivity contribution is -0.155. The van der Waals surface area contributed by atoms with Gasteiger partial charge in [0, 0.05) is 31.9 Å². The first kappa shape index (κ1) is 27.1. The lowest BCUT2D eigenvalue weighted by Gasteiger charge is -2.26. The summed E-state index contributed by atoms with van der Waals surface area (Å²) in [5.74, 6) is -1.82. The number of hydrogen-bond acceptors (Lipinski definition) is 8. The van der Waals surface area contributed by atoms with E-state index in [-0.39, 0.29) is 24.0 Å². The number of amides is 1. The van der Waals surface area contributed by atoms with E-state index in [0.717, 1.165) is 12.0 Å². The molecule has 0 aliphatic carbocycles. The van der Waals surface area contributed by atoms with Crippen molar-refractivity contribution in [3.8, 4) is 11.5 Å². The molecule has 0 fully saturated rings. The number of aromatic nitrogens is 1. The summed E-state index contributed by atoms with van der Waals surface area (Å²) in [5, 5.41) is 12.7. The Labute approximate surface area is 200 Å². The lowest BCUT2D eigenvalue weighted by Crippen LogP contribution is -2.46. The topological polar surface area (TPSA) is 116 Å². The number of nitrogens with one attached hydrogen (secondary N) is 1. The Morgan fingerprint density at radius 3 is 2.50 bits per heavy atom. The molecule has 1 amide bonds. The third-order valence-electron chi connectivity index (χ3n) is 5.23. The summed E-state index contributed by atoms with van der Waals surface area (Å²) in [5.41, 5.74) is 0.841. The van der Waals surface area contributed by atoms with E-state index in [1.54, 1.807) is 0 Å².